The van der Waals surface area contributed by atoms with Crippen molar-refractivity contribution >= 4 is 15.9 Å². The van der Waals surface area contributed by atoms with Gasteiger partial charge in [0.2, 0.25) is 0 Å². The van der Waals surface area contributed by atoms with E-state index in [1.807, 2.05) is 6.07 Å². The van der Waals surface area contributed by atoms with Gasteiger partial charge in [-0.25, -0.2) is 0 Å². The number of benzene rings is 1. The molecular formula is C13H16BrN3. The third kappa shape index (κ3) is 2.75. The SMILES string of the molecule is Cc1ccc(Br)cc1-c1nncn1CC(C)C. The summed E-state index contributed by atoms with van der Waals surface area (Å²) in [6.45, 7) is 7.42. The molecule has 4 heteroatoms. The number of hydrogen-bond acceptors (Lipinski definition) is 2. The van der Waals surface area contributed by atoms with Crippen LogP contribution in [0.15, 0.2) is 29.0 Å². The topological polar surface area (TPSA) is 30.7 Å². The van der Waals surface area contributed by atoms with Gasteiger partial charge in [0.25, 0.3) is 0 Å². The van der Waals surface area contributed by atoms with Crippen molar-refractivity contribution in [2.24, 2.45) is 5.92 Å². The first-order chi connectivity index (χ1) is 8.08. The van der Waals surface area contributed by atoms with Crippen LogP contribution in [0.2, 0.25) is 0 Å². The zero-order valence-corrected chi connectivity index (χ0v) is 11.9. The van der Waals surface area contributed by atoms with Crippen molar-refractivity contribution < 1.29 is 0 Å². The number of nitrogens with zero attached hydrogens (tertiary/aromatic N) is 3. The van der Waals surface area contributed by atoms with E-state index in [1.165, 1.54) is 5.56 Å². The Morgan fingerprint density at radius 1 is 1.35 bits per heavy atom. The van der Waals surface area contributed by atoms with Crippen molar-refractivity contribution in [3.63, 3.8) is 0 Å². The Hall–Kier alpha value is -1.16. The van der Waals surface area contributed by atoms with E-state index in [4.69, 9.17) is 0 Å². The minimum atomic E-state index is 0.581. The maximum atomic E-state index is 4.23. The van der Waals surface area contributed by atoms with Crippen molar-refractivity contribution in [2.45, 2.75) is 27.3 Å². The fourth-order valence-electron chi connectivity index (χ4n) is 1.83. The molecule has 2 aromatic rings. The van der Waals surface area contributed by atoms with Crippen LogP contribution in [0.1, 0.15) is 19.4 Å². The average molecular weight is 294 g/mol. The van der Waals surface area contributed by atoms with E-state index >= 15 is 0 Å². The first kappa shape index (κ1) is 12.3. The smallest absolute Gasteiger partial charge is 0.164 e. The van der Waals surface area contributed by atoms with E-state index in [2.05, 4.69) is 63.6 Å². The number of rotatable bonds is 3. The van der Waals surface area contributed by atoms with Crippen LogP contribution < -0.4 is 0 Å². The Kier molecular flexibility index (Phi) is 3.62. The summed E-state index contributed by atoms with van der Waals surface area (Å²) in [5.41, 5.74) is 2.35. The molecule has 0 aliphatic heterocycles. The fraction of sp³-hybridized carbons (Fsp3) is 0.385. The molecule has 0 spiro atoms. The second-order valence-electron chi connectivity index (χ2n) is 4.66. The van der Waals surface area contributed by atoms with Crippen LogP contribution >= 0.6 is 15.9 Å². The molecule has 0 radical (unpaired) electrons. The molecule has 2 rings (SSSR count). The number of aryl methyl sites for hydroxylation is 1. The van der Waals surface area contributed by atoms with E-state index in [9.17, 15) is 0 Å². The molecule has 0 N–H and O–H groups in total. The van der Waals surface area contributed by atoms with Crippen LogP contribution in [-0.2, 0) is 6.54 Å². The Labute approximate surface area is 110 Å². The Morgan fingerprint density at radius 3 is 2.82 bits per heavy atom. The lowest BCUT2D eigenvalue weighted by molar-refractivity contribution is 0.525. The van der Waals surface area contributed by atoms with E-state index < -0.39 is 0 Å². The Balaban J connectivity index is 2.45. The van der Waals surface area contributed by atoms with Crippen molar-refractivity contribution in [2.75, 3.05) is 0 Å². The largest absolute Gasteiger partial charge is 0.313 e. The van der Waals surface area contributed by atoms with Crippen molar-refractivity contribution in [1.29, 1.82) is 0 Å². The van der Waals surface area contributed by atoms with Gasteiger partial charge in [-0.1, -0.05) is 35.8 Å². The summed E-state index contributed by atoms with van der Waals surface area (Å²) in [5, 5.41) is 8.25. The summed E-state index contributed by atoms with van der Waals surface area (Å²) in [5.74, 6) is 1.52. The third-order valence-corrected chi connectivity index (χ3v) is 3.11. The molecule has 0 bridgehead atoms. The lowest BCUT2D eigenvalue weighted by Gasteiger charge is -2.11. The molecule has 17 heavy (non-hydrogen) atoms. The number of aromatic nitrogens is 3. The second-order valence-corrected chi connectivity index (χ2v) is 5.58. The quantitative estimate of drug-likeness (QED) is 0.864. The monoisotopic (exact) mass is 293 g/mol. The molecule has 1 aromatic heterocycles. The number of hydrogen-bond donors (Lipinski definition) is 0. The van der Waals surface area contributed by atoms with Gasteiger partial charge in [0.15, 0.2) is 5.82 Å². The molecule has 1 heterocycles. The van der Waals surface area contributed by atoms with Gasteiger partial charge in [-0.05, 0) is 30.5 Å². The van der Waals surface area contributed by atoms with Gasteiger partial charge in [0.1, 0.15) is 6.33 Å². The second kappa shape index (κ2) is 5.00. The van der Waals surface area contributed by atoms with Gasteiger partial charge in [0.05, 0.1) is 0 Å². The summed E-state index contributed by atoms with van der Waals surface area (Å²) in [4.78, 5) is 0. The third-order valence-electron chi connectivity index (χ3n) is 2.62. The van der Waals surface area contributed by atoms with Crippen molar-refractivity contribution in [3.8, 4) is 11.4 Å². The summed E-state index contributed by atoms with van der Waals surface area (Å²) < 4.78 is 3.18. The fourth-order valence-corrected chi connectivity index (χ4v) is 2.19. The highest BCUT2D eigenvalue weighted by Crippen LogP contribution is 2.25. The van der Waals surface area contributed by atoms with Gasteiger partial charge in [-0.15, -0.1) is 10.2 Å². The molecule has 90 valence electrons. The highest BCUT2D eigenvalue weighted by Gasteiger charge is 2.11. The zero-order valence-electron chi connectivity index (χ0n) is 10.3. The molecule has 0 amide bonds. The highest BCUT2D eigenvalue weighted by molar-refractivity contribution is 9.10. The van der Waals surface area contributed by atoms with Crippen LogP contribution in [0.5, 0.6) is 0 Å². The maximum Gasteiger partial charge on any atom is 0.164 e. The first-order valence-electron chi connectivity index (χ1n) is 5.72. The van der Waals surface area contributed by atoms with E-state index in [1.54, 1.807) is 6.33 Å². The minimum absolute atomic E-state index is 0.581. The summed E-state index contributed by atoms with van der Waals surface area (Å²) in [6, 6.07) is 6.23. The Morgan fingerprint density at radius 2 is 2.12 bits per heavy atom. The molecular weight excluding hydrogens is 278 g/mol. The zero-order chi connectivity index (χ0) is 12.4. The van der Waals surface area contributed by atoms with E-state index in [0.717, 1.165) is 22.4 Å². The predicted molar refractivity (Wildman–Crippen MR) is 72.7 cm³/mol. The average Bonchev–Trinajstić information content (AvgIpc) is 2.69. The molecule has 0 saturated carbocycles. The van der Waals surface area contributed by atoms with Gasteiger partial charge >= 0.3 is 0 Å². The molecule has 1 aromatic carbocycles. The van der Waals surface area contributed by atoms with E-state index in [0.29, 0.717) is 5.92 Å². The number of halogens is 1. The van der Waals surface area contributed by atoms with Crippen LogP contribution in [0, 0.1) is 12.8 Å². The van der Waals surface area contributed by atoms with Crippen molar-refractivity contribution in [3.05, 3.63) is 34.6 Å². The molecule has 0 fully saturated rings. The normalized spacial score (nSPS) is 11.1. The Bertz CT molecular complexity index is 517. The highest BCUT2D eigenvalue weighted by atomic mass is 79.9. The molecule has 0 aliphatic rings. The van der Waals surface area contributed by atoms with Crippen LogP contribution in [0.4, 0.5) is 0 Å². The first-order valence-corrected chi connectivity index (χ1v) is 6.51. The van der Waals surface area contributed by atoms with Crippen LogP contribution in [0.3, 0.4) is 0 Å². The molecule has 3 nitrogen and oxygen atoms in total. The summed E-state index contributed by atoms with van der Waals surface area (Å²) in [7, 11) is 0. The molecule has 0 unspecified atom stereocenters. The standard InChI is InChI=1S/C13H16BrN3/c1-9(2)7-17-8-15-16-13(17)12-6-11(14)5-4-10(12)3/h4-6,8-9H,7H2,1-3H3. The predicted octanol–water partition coefficient (Wildman–Crippen LogP) is 3.67. The van der Waals surface area contributed by atoms with Gasteiger partial charge in [0, 0.05) is 16.6 Å². The van der Waals surface area contributed by atoms with Crippen molar-refractivity contribution in [1.82, 2.24) is 14.8 Å². The lowest BCUT2D eigenvalue weighted by atomic mass is 10.1. The molecule has 0 saturated heterocycles. The van der Waals surface area contributed by atoms with Crippen LogP contribution in [-0.4, -0.2) is 14.8 Å². The van der Waals surface area contributed by atoms with Gasteiger partial charge < -0.3 is 4.57 Å². The molecule has 0 atom stereocenters. The molecule has 0 aliphatic carbocycles. The summed E-state index contributed by atoms with van der Waals surface area (Å²) in [6.07, 6.45) is 1.80. The van der Waals surface area contributed by atoms with Gasteiger partial charge in [-0.3, -0.25) is 0 Å². The van der Waals surface area contributed by atoms with E-state index in [-0.39, 0.29) is 0 Å². The maximum absolute atomic E-state index is 4.23. The lowest BCUT2D eigenvalue weighted by Crippen LogP contribution is -2.05. The summed E-state index contributed by atoms with van der Waals surface area (Å²) >= 11 is 3.50. The van der Waals surface area contributed by atoms with Crippen LogP contribution in [0.25, 0.3) is 11.4 Å². The minimum Gasteiger partial charge on any atom is -0.313 e. The van der Waals surface area contributed by atoms with Gasteiger partial charge in [-0.2, -0.15) is 0 Å².